The lowest BCUT2D eigenvalue weighted by molar-refractivity contribution is -0.928. The lowest BCUT2D eigenvalue weighted by Crippen LogP contribution is -2.50. The Labute approximate surface area is 237 Å². The molecular weight excluding hydrogens is 446 g/mol. The molecule has 0 aromatic heterocycles. The van der Waals surface area contributed by atoms with Crippen molar-refractivity contribution < 1.29 is 4.48 Å². The molecule has 224 valence electrons. The highest BCUT2D eigenvalue weighted by atomic mass is 15.3. The van der Waals surface area contributed by atoms with Crippen molar-refractivity contribution in [2.45, 2.75) is 207 Å². The van der Waals surface area contributed by atoms with Crippen LogP contribution in [-0.4, -0.2) is 30.7 Å². The van der Waals surface area contributed by atoms with Crippen molar-refractivity contribution in [1.82, 2.24) is 0 Å². The van der Waals surface area contributed by atoms with Gasteiger partial charge in [0.2, 0.25) is 0 Å². The Kier molecular flexibility index (Phi) is 30.5. The van der Waals surface area contributed by atoms with Crippen LogP contribution in [0.5, 0.6) is 0 Å². The van der Waals surface area contributed by atoms with E-state index in [4.69, 9.17) is 0 Å². The highest BCUT2D eigenvalue weighted by Crippen LogP contribution is 2.19. The SMILES string of the molecule is CCCCCCCCCCCCCCC[N+](CCC)(CCC)CCCCCCCCCCCCCCC. The maximum atomic E-state index is 2.41. The average molecular weight is 523 g/mol. The highest BCUT2D eigenvalue weighted by Gasteiger charge is 2.24. The van der Waals surface area contributed by atoms with Crippen molar-refractivity contribution >= 4 is 0 Å². The molecule has 0 fully saturated rings. The zero-order chi connectivity index (χ0) is 27.1. The second kappa shape index (κ2) is 30.5. The monoisotopic (exact) mass is 523 g/mol. The second-order valence-corrected chi connectivity index (χ2v) is 12.7. The molecule has 0 amide bonds. The van der Waals surface area contributed by atoms with Gasteiger partial charge in [-0.25, -0.2) is 0 Å². The number of hydrogen-bond donors (Lipinski definition) is 0. The molecule has 1 nitrogen and oxygen atoms in total. The summed E-state index contributed by atoms with van der Waals surface area (Å²) in [6.07, 6.45) is 40.9. The molecule has 0 aliphatic carbocycles. The summed E-state index contributed by atoms with van der Waals surface area (Å²) in [5.41, 5.74) is 0. The van der Waals surface area contributed by atoms with Gasteiger partial charge in [0.05, 0.1) is 26.2 Å². The summed E-state index contributed by atoms with van der Waals surface area (Å²) in [4.78, 5) is 0. The number of quaternary nitrogens is 1. The number of unbranched alkanes of at least 4 members (excludes halogenated alkanes) is 24. The third-order valence-corrected chi connectivity index (χ3v) is 8.87. The van der Waals surface area contributed by atoms with Gasteiger partial charge in [-0.3, -0.25) is 0 Å². The Balaban J connectivity index is 3.81. The molecule has 0 aliphatic rings. The van der Waals surface area contributed by atoms with Gasteiger partial charge in [0, 0.05) is 0 Å². The zero-order valence-electron chi connectivity index (χ0n) is 27.1. The molecule has 1 heteroatoms. The first-order chi connectivity index (χ1) is 18.2. The normalized spacial score (nSPS) is 12.0. The quantitative estimate of drug-likeness (QED) is 0.0608. The summed E-state index contributed by atoms with van der Waals surface area (Å²) in [5.74, 6) is 0. The first kappa shape index (κ1) is 37.0. The van der Waals surface area contributed by atoms with E-state index in [9.17, 15) is 0 Å². The Morgan fingerprint density at radius 1 is 0.216 bits per heavy atom. The fourth-order valence-corrected chi connectivity index (χ4v) is 6.55. The average Bonchev–Trinajstić information content (AvgIpc) is 2.90. The van der Waals surface area contributed by atoms with Gasteiger partial charge in [-0.15, -0.1) is 0 Å². The van der Waals surface area contributed by atoms with Gasteiger partial charge in [-0.05, 0) is 38.5 Å². The van der Waals surface area contributed by atoms with Crippen LogP contribution in [0.1, 0.15) is 207 Å². The summed E-state index contributed by atoms with van der Waals surface area (Å²) < 4.78 is 1.43. The topological polar surface area (TPSA) is 0 Å². The molecule has 0 rings (SSSR count). The molecule has 0 saturated carbocycles. The molecule has 0 aromatic carbocycles. The molecule has 37 heavy (non-hydrogen) atoms. The molecule has 0 bridgehead atoms. The van der Waals surface area contributed by atoms with E-state index in [2.05, 4.69) is 27.7 Å². The van der Waals surface area contributed by atoms with Crippen molar-refractivity contribution in [3.63, 3.8) is 0 Å². The van der Waals surface area contributed by atoms with Crippen LogP contribution in [-0.2, 0) is 0 Å². The van der Waals surface area contributed by atoms with Crippen LogP contribution in [0.3, 0.4) is 0 Å². The maximum absolute atomic E-state index is 2.41. The smallest absolute Gasteiger partial charge is 0.0786 e. The maximum Gasteiger partial charge on any atom is 0.0786 e. The molecule has 0 heterocycles. The first-order valence-electron chi connectivity index (χ1n) is 18.1. The minimum atomic E-state index is 1.36. The van der Waals surface area contributed by atoms with E-state index in [0.717, 1.165) is 0 Å². The number of nitrogens with zero attached hydrogens (tertiary/aromatic N) is 1. The van der Waals surface area contributed by atoms with E-state index in [1.807, 2.05) is 0 Å². The Bertz CT molecular complexity index is 365. The molecule has 0 atom stereocenters. The number of rotatable bonds is 32. The lowest BCUT2D eigenvalue weighted by Gasteiger charge is -2.39. The van der Waals surface area contributed by atoms with Crippen LogP contribution in [0.25, 0.3) is 0 Å². The van der Waals surface area contributed by atoms with Crippen LogP contribution < -0.4 is 0 Å². The zero-order valence-corrected chi connectivity index (χ0v) is 27.1. The Morgan fingerprint density at radius 3 is 0.649 bits per heavy atom. The predicted molar refractivity (Wildman–Crippen MR) is 172 cm³/mol. The molecule has 0 spiro atoms. The van der Waals surface area contributed by atoms with Crippen LogP contribution in [0, 0.1) is 0 Å². The molecule has 0 saturated heterocycles. The fourth-order valence-electron chi connectivity index (χ4n) is 6.55. The van der Waals surface area contributed by atoms with E-state index in [1.165, 1.54) is 210 Å². The van der Waals surface area contributed by atoms with Crippen molar-refractivity contribution in [1.29, 1.82) is 0 Å². The summed E-state index contributed by atoms with van der Waals surface area (Å²) in [6.45, 7) is 15.2. The van der Waals surface area contributed by atoms with Crippen LogP contribution in [0.4, 0.5) is 0 Å². The molecule has 0 unspecified atom stereocenters. The minimum Gasteiger partial charge on any atom is -0.324 e. The predicted octanol–water partition coefficient (Wildman–Crippen LogP) is 12.8. The van der Waals surface area contributed by atoms with Gasteiger partial charge < -0.3 is 4.48 Å². The molecular formula is C36H76N+. The number of hydrogen-bond acceptors (Lipinski definition) is 0. The van der Waals surface area contributed by atoms with Gasteiger partial charge in [0.15, 0.2) is 0 Å². The largest absolute Gasteiger partial charge is 0.324 e. The van der Waals surface area contributed by atoms with E-state index in [1.54, 1.807) is 0 Å². The van der Waals surface area contributed by atoms with Gasteiger partial charge in [-0.1, -0.05) is 169 Å². The summed E-state index contributed by atoms with van der Waals surface area (Å²) in [7, 11) is 0. The van der Waals surface area contributed by atoms with Crippen molar-refractivity contribution in [3.8, 4) is 0 Å². The Hall–Kier alpha value is -0.0400. The van der Waals surface area contributed by atoms with Crippen LogP contribution >= 0.6 is 0 Å². The fraction of sp³-hybridized carbons (Fsp3) is 1.00. The van der Waals surface area contributed by atoms with Crippen molar-refractivity contribution in [2.24, 2.45) is 0 Å². The summed E-state index contributed by atoms with van der Waals surface area (Å²) >= 11 is 0. The van der Waals surface area contributed by atoms with E-state index in [0.29, 0.717) is 0 Å². The first-order valence-corrected chi connectivity index (χ1v) is 18.1. The van der Waals surface area contributed by atoms with E-state index >= 15 is 0 Å². The third-order valence-electron chi connectivity index (χ3n) is 8.87. The standard InChI is InChI=1S/C36H76N/c1-5-9-11-13-15-17-19-21-23-25-27-29-31-35-37(33-7-3,34-8-4)36-32-30-28-26-24-22-20-18-16-14-12-10-6-2/h5-36H2,1-4H3/q+1. The van der Waals surface area contributed by atoms with Gasteiger partial charge in [0.25, 0.3) is 0 Å². The minimum absolute atomic E-state index is 1.36. The molecule has 0 radical (unpaired) electrons. The van der Waals surface area contributed by atoms with E-state index in [-0.39, 0.29) is 0 Å². The highest BCUT2D eigenvalue weighted by molar-refractivity contribution is 4.53. The van der Waals surface area contributed by atoms with Crippen molar-refractivity contribution in [3.05, 3.63) is 0 Å². The second-order valence-electron chi connectivity index (χ2n) is 12.7. The Morgan fingerprint density at radius 2 is 0.432 bits per heavy atom. The molecule has 0 aromatic rings. The summed E-state index contributed by atoms with van der Waals surface area (Å²) in [6, 6.07) is 0. The lowest BCUT2D eigenvalue weighted by atomic mass is 10.0. The van der Waals surface area contributed by atoms with Gasteiger partial charge >= 0.3 is 0 Å². The summed E-state index contributed by atoms with van der Waals surface area (Å²) in [5, 5.41) is 0. The van der Waals surface area contributed by atoms with Crippen LogP contribution in [0.2, 0.25) is 0 Å². The third kappa shape index (κ3) is 26.0. The van der Waals surface area contributed by atoms with E-state index < -0.39 is 0 Å². The van der Waals surface area contributed by atoms with Gasteiger partial charge in [-0.2, -0.15) is 0 Å². The molecule has 0 aliphatic heterocycles. The van der Waals surface area contributed by atoms with Crippen LogP contribution in [0.15, 0.2) is 0 Å². The van der Waals surface area contributed by atoms with Gasteiger partial charge in [0.1, 0.15) is 0 Å². The molecule has 0 N–H and O–H groups in total. The van der Waals surface area contributed by atoms with Crippen molar-refractivity contribution in [2.75, 3.05) is 26.2 Å².